The molecule has 9 nitrogen and oxygen atoms in total. The lowest BCUT2D eigenvalue weighted by Gasteiger charge is -2.43. The van der Waals surface area contributed by atoms with E-state index < -0.39 is 77.6 Å². The third-order valence-electron chi connectivity index (χ3n) is 7.35. The Kier molecular flexibility index (Phi) is 6.94. The maximum atomic E-state index is 12.5. The van der Waals surface area contributed by atoms with Gasteiger partial charge in [0.2, 0.25) is 0 Å². The van der Waals surface area contributed by atoms with Crippen LogP contribution in [0.25, 0.3) is 0 Å². The lowest BCUT2D eigenvalue weighted by Crippen LogP contribution is -2.51. The van der Waals surface area contributed by atoms with Gasteiger partial charge in [-0.15, -0.1) is 0 Å². The molecule has 1 N–H and O–H groups in total. The van der Waals surface area contributed by atoms with E-state index in [4.69, 9.17) is 18.9 Å². The molecule has 1 aliphatic heterocycles. The highest BCUT2D eigenvalue weighted by atomic mass is 16.6. The van der Waals surface area contributed by atoms with Crippen LogP contribution in [0.15, 0.2) is 12.2 Å². The number of aliphatic hydroxyl groups is 1. The first-order valence-electron chi connectivity index (χ1n) is 11.4. The van der Waals surface area contributed by atoms with Crippen LogP contribution in [-0.4, -0.2) is 59.5 Å². The molecule has 0 unspecified atom stereocenters. The predicted octanol–water partition coefficient (Wildman–Crippen LogP) is 1.94. The Labute approximate surface area is 193 Å². The lowest BCUT2D eigenvalue weighted by molar-refractivity contribution is -0.171. The molecule has 184 valence electrons. The number of rotatable bonds is 5. The van der Waals surface area contributed by atoms with Gasteiger partial charge in [-0.1, -0.05) is 34.3 Å². The van der Waals surface area contributed by atoms with Crippen LogP contribution < -0.4 is 0 Å². The average molecular weight is 467 g/mol. The molecule has 33 heavy (non-hydrogen) atoms. The van der Waals surface area contributed by atoms with Gasteiger partial charge in [0.05, 0.1) is 12.0 Å². The van der Waals surface area contributed by atoms with Crippen molar-refractivity contribution in [3.05, 3.63) is 12.2 Å². The van der Waals surface area contributed by atoms with E-state index in [1.807, 2.05) is 13.8 Å². The zero-order chi connectivity index (χ0) is 24.8. The molecule has 9 atom stereocenters. The minimum atomic E-state index is -1.12. The van der Waals surface area contributed by atoms with Crippen molar-refractivity contribution in [2.24, 2.45) is 29.1 Å². The van der Waals surface area contributed by atoms with Gasteiger partial charge < -0.3 is 24.1 Å². The SMILES string of the molecule is C=C1C(=O)O[C@H]2[C@H](OC(C)=O)[C@@H](C)[C@@H]3[C@@H](OC(=O)CC(C)C)C[C@@H](O)[C@@]3(C)[C@H](OC(C)=O)[C@H]12. The zero-order valence-corrected chi connectivity index (χ0v) is 20.0. The second-order valence-electron chi connectivity index (χ2n) is 10.2. The van der Waals surface area contributed by atoms with Crippen LogP contribution in [0.3, 0.4) is 0 Å². The van der Waals surface area contributed by atoms with E-state index >= 15 is 0 Å². The van der Waals surface area contributed by atoms with Crippen LogP contribution in [0, 0.1) is 29.1 Å². The van der Waals surface area contributed by atoms with Crippen molar-refractivity contribution in [3.63, 3.8) is 0 Å². The molecule has 0 bridgehead atoms. The van der Waals surface area contributed by atoms with Gasteiger partial charge in [-0.25, -0.2) is 4.79 Å². The van der Waals surface area contributed by atoms with Crippen LogP contribution in [-0.2, 0) is 38.1 Å². The molecule has 9 heteroatoms. The number of aliphatic hydroxyl groups excluding tert-OH is 1. The van der Waals surface area contributed by atoms with E-state index in [2.05, 4.69) is 6.58 Å². The minimum Gasteiger partial charge on any atom is -0.462 e. The van der Waals surface area contributed by atoms with Crippen LogP contribution in [0.1, 0.15) is 54.4 Å². The Hall–Kier alpha value is -2.42. The fourth-order valence-corrected chi connectivity index (χ4v) is 6.07. The van der Waals surface area contributed by atoms with E-state index in [-0.39, 0.29) is 24.3 Å². The summed E-state index contributed by atoms with van der Waals surface area (Å²) in [5.41, 5.74) is -1.03. The maximum Gasteiger partial charge on any atom is 0.334 e. The summed E-state index contributed by atoms with van der Waals surface area (Å²) in [5, 5.41) is 11.3. The molecule has 0 aromatic rings. The number of hydrogen-bond acceptors (Lipinski definition) is 9. The summed E-state index contributed by atoms with van der Waals surface area (Å²) >= 11 is 0. The Bertz CT molecular complexity index is 849. The highest BCUT2D eigenvalue weighted by Gasteiger charge is 2.69. The highest BCUT2D eigenvalue weighted by molar-refractivity contribution is 5.91. The number of hydrogen-bond donors (Lipinski definition) is 1. The second kappa shape index (κ2) is 9.08. The minimum absolute atomic E-state index is 0.0879. The third kappa shape index (κ3) is 4.39. The van der Waals surface area contributed by atoms with Crippen molar-refractivity contribution in [3.8, 4) is 0 Å². The summed E-state index contributed by atoms with van der Waals surface area (Å²) in [6.07, 6.45) is -4.25. The number of esters is 4. The number of carbonyl (C=O) groups is 4. The maximum absolute atomic E-state index is 12.5. The molecule has 0 aromatic carbocycles. The number of ether oxygens (including phenoxy) is 4. The molecule has 2 saturated carbocycles. The molecule has 1 saturated heterocycles. The molecular formula is C24H34O9. The van der Waals surface area contributed by atoms with Crippen molar-refractivity contribution in [2.75, 3.05) is 0 Å². The van der Waals surface area contributed by atoms with Gasteiger partial charge in [-0.3, -0.25) is 14.4 Å². The van der Waals surface area contributed by atoms with E-state index in [9.17, 15) is 24.3 Å². The van der Waals surface area contributed by atoms with Gasteiger partial charge >= 0.3 is 23.9 Å². The Morgan fingerprint density at radius 2 is 1.79 bits per heavy atom. The monoisotopic (exact) mass is 466 g/mol. The van der Waals surface area contributed by atoms with Gasteiger partial charge in [-0.05, 0) is 5.92 Å². The fourth-order valence-electron chi connectivity index (χ4n) is 6.07. The van der Waals surface area contributed by atoms with Crippen molar-refractivity contribution in [1.82, 2.24) is 0 Å². The van der Waals surface area contributed by atoms with Crippen LogP contribution in [0.2, 0.25) is 0 Å². The van der Waals surface area contributed by atoms with Gasteiger partial charge in [0.25, 0.3) is 0 Å². The first-order chi connectivity index (χ1) is 15.3. The Balaban J connectivity index is 2.13. The number of fused-ring (bicyclic) bond motifs is 2. The largest absolute Gasteiger partial charge is 0.462 e. The van der Waals surface area contributed by atoms with Crippen molar-refractivity contribution in [2.45, 2.75) is 84.9 Å². The summed E-state index contributed by atoms with van der Waals surface area (Å²) < 4.78 is 22.8. The molecule has 3 rings (SSSR count). The Morgan fingerprint density at radius 3 is 2.33 bits per heavy atom. The molecule has 1 heterocycles. The predicted molar refractivity (Wildman–Crippen MR) is 114 cm³/mol. The van der Waals surface area contributed by atoms with Crippen molar-refractivity contribution < 1.29 is 43.2 Å². The van der Waals surface area contributed by atoms with Crippen LogP contribution in [0.4, 0.5) is 0 Å². The van der Waals surface area contributed by atoms with Crippen LogP contribution in [0.5, 0.6) is 0 Å². The summed E-state index contributed by atoms with van der Waals surface area (Å²) in [5.74, 6) is -4.02. The Morgan fingerprint density at radius 1 is 1.18 bits per heavy atom. The van der Waals surface area contributed by atoms with E-state index in [1.54, 1.807) is 13.8 Å². The van der Waals surface area contributed by atoms with Gasteiger partial charge in [-0.2, -0.15) is 0 Å². The summed E-state index contributed by atoms with van der Waals surface area (Å²) in [6, 6.07) is 0. The zero-order valence-electron chi connectivity index (χ0n) is 20.0. The highest BCUT2D eigenvalue weighted by Crippen LogP contribution is 2.59. The van der Waals surface area contributed by atoms with Gasteiger partial charge in [0, 0.05) is 49.5 Å². The molecule has 0 spiro atoms. The normalized spacial score (nSPS) is 39.9. The third-order valence-corrected chi connectivity index (χ3v) is 7.35. The average Bonchev–Trinajstić information content (AvgIpc) is 3.07. The second-order valence-corrected chi connectivity index (χ2v) is 10.2. The summed E-state index contributed by atoms with van der Waals surface area (Å²) in [6.45, 7) is 13.7. The molecule has 3 fully saturated rings. The molecule has 0 aromatic heterocycles. The standard InChI is InChI=1S/C24H34O9/c1-10(2)8-17(28)32-15-9-16(27)24(7)19(15)12(4)20(30-13(5)25)21-18(11(3)23(29)33-21)22(24)31-14(6)26/h10,12,15-16,18-22,27H,3,8-9H2,1-2,4-7H3/t12-,15-,16+,18+,19+,20+,21+,22+,24+/m0/s1. The van der Waals surface area contributed by atoms with Crippen molar-refractivity contribution in [1.29, 1.82) is 0 Å². The first kappa shape index (κ1) is 25.2. The van der Waals surface area contributed by atoms with E-state index in [0.29, 0.717) is 0 Å². The molecule has 0 amide bonds. The van der Waals surface area contributed by atoms with Gasteiger partial charge in [0.1, 0.15) is 24.4 Å². The van der Waals surface area contributed by atoms with Crippen molar-refractivity contribution >= 4 is 23.9 Å². The summed E-state index contributed by atoms with van der Waals surface area (Å²) in [4.78, 5) is 49.1. The van der Waals surface area contributed by atoms with Gasteiger partial charge in [0.15, 0.2) is 0 Å². The van der Waals surface area contributed by atoms with E-state index in [1.165, 1.54) is 13.8 Å². The number of carbonyl (C=O) groups excluding carboxylic acids is 4. The fraction of sp³-hybridized carbons (Fsp3) is 0.750. The quantitative estimate of drug-likeness (QED) is 0.367. The van der Waals surface area contributed by atoms with E-state index in [0.717, 1.165) is 0 Å². The first-order valence-corrected chi connectivity index (χ1v) is 11.4. The molecule has 2 aliphatic carbocycles. The summed E-state index contributed by atoms with van der Waals surface area (Å²) in [7, 11) is 0. The molecule has 3 aliphatic rings. The van der Waals surface area contributed by atoms with Crippen LogP contribution >= 0.6 is 0 Å². The smallest absolute Gasteiger partial charge is 0.334 e. The molecular weight excluding hydrogens is 432 g/mol. The molecule has 0 radical (unpaired) electrons. The lowest BCUT2D eigenvalue weighted by atomic mass is 9.66. The topological polar surface area (TPSA) is 125 Å².